The zero-order valence-corrected chi connectivity index (χ0v) is 15.2. The van der Waals surface area contributed by atoms with Crippen LogP contribution < -0.4 is 0 Å². The summed E-state index contributed by atoms with van der Waals surface area (Å²) in [7, 11) is 0. The van der Waals surface area contributed by atoms with Crippen molar-refractivity contribution in [3.05, 3.63) is 33.8 Å². The number of halogens is 1. The average molecular weight is 377 g/mol. The fraction of sp³-hybridized carbons (Fsp3) is 0.600. The van der Waals surface area contributed by atoms with E-state index in [2.05, 4.69) is 15.9 Å². The Balaban J connectivity index is 1.53. The fourth-order valence-corrected chi connectivity index (χ4v) is 4.45. The molecule has 2 aliphatic carbocycles. The largest absolute Gasteiger partial charge is 0.300 e. The highest BCUT2D eigenvalue weighted by atomic mass is 79.9. The molecule has 0 aromatic heterocycles. The van der Waals surface area contributed by atoms with Crippen molar-refractivity contribution in [2.24, 2.45) is 11.8 Å². The summed E-state index contributed by atoms with van der Waals surface area (Å²) in [5.41, 5.74) is 1.94. The molecule has 2 aliphatic rings. The van der Waals surface area contributed by atoms with E-state index >= 15 is 0 Å². The molecule has 0 amide bonds. The zero-order chi connectivity index (χ0) is 16.2. The van der Waals surface area contributed by atoms with Crippen LogP contribution >= 0.6 is 15.9 Å². The molecule has 2 nitrogen and oxygen atoms in total. The summed E-state index contributed by atoms with van der Waals surface area (Å²) in [6.07, 6.45) is 10.5. The number of aryl methyl sites for hydroxylation is 1. The highest BCUT2D eigenvalue weighted by Gasteiger charge is 2.29. The van der Waals surface area contributed by atoms with Gasteiger partial charge in [0, 0.05) is 28.8 Å². The maximum absolute atomic E-state index is 12.6. The van der Waals surface area contributed by atoms with Crippen molar-refractivity contribution in [1.29, 1.82) is 0 Å². The van der Waals surface area contributed by atoms with Crippen LogP contribution in [-0.4, -0.2) is 11.6 Å². The van der Waals surface area contributed by atoms with Gasteiger partial charge in [0.15, 0.2) is 5.78 Å². The molecule has 0 spiro atoms. The Morgan fingerprint density at radius 1 is 1.13 bits per heavy atom. The summed E-state index contributed by atoms with van der Waals surface area (Å²) in [5.74, 6) is 1.09. The minimum atomic E-state index is -0.101. The highest BCUT2D eigenvalue weighted by molar-refractivity contribution is 9.10. The molecule has 1 aromatic rings. The van der Waals surface area contributed by atoms with Gasteiger partial charge in [-0.25, -0.2) is 0 Å². The summed E-state index contributed by atoms with van der Waals surface area (Å²) >= 11 is 3.44. The van der Waals surface area contributed by atoms with Gasteiger partial charge in [0.2, 0.25) is 0 Å². The number of hydrogen-bond acceptors (Lipinski definition) is 2. The first-order valence-electron chi connectivity index (χ1n) is 8.98. The maximum Gasteiger partial charge on any atom is 0.166 e. The van der Waals surface area contributed by atoms with Gasteiger partial charge in [0.05, 0.1) is 0 Å². The second-order valence-electron chi connectivity index (χ2n) is 7.19. The molecule has 0 radical (unpaired) electrons. The molecular weight excluding hydrogens is 352 g/mol. The summed E-state index contributed by atoms with van der Waals surface area (Å²) in [4.78, 5) is 25.0. The van der Waals surface area contributed by atoms with Crippen LogP contribution in [0.2, 0.25) is 0 Å². The smallest absolute Gasteiger partial charge is 0.166 e. The molecule has 1 atom stereocenters. The third-order valence-corrected chi connectivity index (χ3v) is 5.99. The van der Waals surface area contributed by atoms with Gasteiger partial charge in [-0.3, -0.25) is 9.59 Å². The van der Waals surface area contributed by atoms with Crippen LogP contribution in [-0.2, 0) is 11.2 Å². The van der Waals surface area contributed by atoms with Gasteiger partial charge in [-0.2, -0.15) is 0 Å². The van der Waals surface area contributed by atoms with Gasteiger partial charge >= 0.3 is 0 Å². The van der Waals surface area contributed by atoms with Gasteiger partial charge in [0.25, 0.3) is 0 Å². The number of benzene rings is 1. The minimum Gasteiger partial charge on any atom is -0.300 e. The van der Waals surface area contributed by atoms with Crippen LogP contribution in [0.15, 0.2) is 22.7 Å². The van der Waals surface area contributed by atoms with Crippen molar-refractivity contribution in [2.75, 3.05) is 0 Å². The number of rotatable bonds is 5. The van der Waals surface area contributed by atoms with Crippen molar-refractivity contribution in [2.45, 2.75) is 64.2 Å². The maximum atomic E-state index is 12.6. The number of ketones is 2. The predicted octanol–water partition coefficient (Wildman–Crippen LogP) is 5.51. The van der Waals surface area contributed by atoms with Gasteiger partial charge in [-0.05, 0) is 42.9 Å². The molecule has 1 aromatic carbocycles. The number of Topliss-reactive ketones (excluding diaryl/α,β-unsaturated/α-hetero) is 2. The lowest BCUT2D eigenvalue weighted by Crippen LogP contribution is -2.25. The van der Waals surface area contributed by atoms with E-state index in [4.69, 9.17) is 0 Å². The minimum absolute atomic E-state index is 0.101. The lowest BCUT2D eigenvalue weighted by atomic mass is 9.79. The number of hydrogen-bond donors (Lipinski definition) is 0. The van der Waals surface area contributed by atoms with Crippen LogP contribution in [0, 0.1) is 11.8 Å². The fourth-order valence-electron chi connectivity index (χ4n) is 4.09. The molecule has 1 fully saturated rings. The first-order chi connectivity index (χ1) is 11.1. The van der Waals surface area contributed by atoms with Crippen LogP contribution in [0.4, 0.5) is 0 Å². The van der Waals surface area contributed by atoms with E-state index in [0.717, 1.165) is 40.8 Å². The van der Waals surface area contributed by atoms with E-state index in [1.165, 1.54) is 32.1 Å². The molecular formula is C20H25BrO2. The van der Waals surface area contributed by atoms with Crippen LogP contribution in [0.1, 0.15) is 73.7 Å². The summed E-state index contributed by atoms with van der Waals surface area (Å²) in [6, 6.07) is 5.93. The quantitative estimate of drug-likeness (QED) is 0.678. The number of fused-ring (bicyclic) bond motifs is 1. The molecule has 0 aliphatic heterocycles. The van der Waals surface area contributed by atoms with Gasteiger partial charge in [0.1, 0.15) is 5.78 Å². The van der Waals surface area contributed by atoms with E-state index in [0.29, 0.717) is 12.8 Å². The normalized spacial score (nSPS) is 22.0. The van der Waals surface area contributed by atoms with E-state index in [9.17, 15) is 9.59 Å². The monoisotopic (exact) mass is 376 g/mol. The standard InChI is InChI=1S/C20H25BrO2/c21-17-10-9-15-7-8-16(20(23)19(15)13-17)12-18(22)11-6-14-4-2-1-3-5-14/h9-10,13-14,16H,1-8,11-12H2. The molecule has 0 N–H and O–H groups in total. The van der Waals surface area contributed by atoms with Gasteiger partial charge < -0.3 is 0 Å². The van der Waals surface area contributed by atoms with Crippen molar-refractivity contribution >= 4 is 27.5 Å². The molecule has 3 heteroatoms. The summed E-state index contributed by atoms with van der Waals surface area (Å²) in [5, 5.41) is 0. The van der Waals surface area contributed by atoms with Crippen molar-refractivity contribution in [3.8, 4) is 0 Å². The Labute approximate surface area is 147 Å². The molecule has 1 unspecified atom stereocenters. The third kappa shape index (κ3) is 4.32. The molecule has 0 heterocycles. The molecule has 0 saturated heterocycles. The first-order valence-corrected chi connectivity index (χ1v) is 9.77. The van der Waals surface area contributed by atoms with Gasteiger partial charge in [-0.15, -0.1) is 0 Å². The molecule has 23 heavy (non-hydrogen) atoms. The number of carbonyl (C=O) groups is 2. The highest BCUT2D eigenvalue weighted by Crippen LogP contribution is 2.31. The molecule has 3 rings (SSSR count). The van der Waals surface area contributed by atoms with Crippen molar-refractivity contribution in [3.63, 3.8) is 0 Å². The first kappa shape index (κ1) is 16.9. The second kappa shape index (κ2) is 7.74. The Kier molecular flexibility index (Phi) is 5.68. The van der Waals surface area contributed by atoms with E-state index in [1.54, 1.807) is 0 Å². The van der Waals surface area contributed by atoms with E-state index in [-0.39, 0.29) is 17.5 Å². The van der Waals surface area contributed by atoms with Crippen molar-refractivity contribution < 1.29 is 9.59 Å². The molecule has 124 valence electrons. The third-order valence-electron chi connectivity index (χ3n) is 5.50. The Morgan fingerprint density at radius 3 is 2.70 bits per heavy atom. The predicted molar refractivity (Wildman–Crippen MR) is 95.7 cm³/mol. The van der Waals surface area contributed by atoms with Crippen molar-refractivity contribution in [1.82, 2.24) is 0 Å². The average Bonchev–Trinajstić information content (AvgIpc) is 2.57. The topological polar surface area (TPSA) is 34.1 Å². The lowest BCUT2D eigenvalue weighted by molar-refractivity contribution is -0.120. The summed E-state index contributed by atoms with van der Waals surface area (Å²) in [6.45, 7) is 0. The van der Waals surface area contributed by atoms with Crippen LogP contribution in [0.5, 0.6) is 0 Å². The molecule has 1 saturated carbocycles. The number of carbonyl (C=O) groups excluding carboxylic acids is 2. The van der Waals surface area contributed by atoms with E-state index < -0.39 is 0 Å². The summed E-state index contributed by atoms with van der Waals surface area (Å²) < 4.78 is 0.939. The van der Waals surface area contributed by atoms with E-state index in [1.807, 2.05) is 18.2 Å². The second-order valence-corrected chi connectivity index (χ2v) is 8.10. The Bertz CT molecular complexity index is 587. The van der Waals surface area contributed by atoms with Crippen LogP contribution in [0.25, 0.3) is 0 Å². The SMILES string of the molecule is O=C(CCC1CCCCC1)CC1CCc2ccc(Br)cc2C1=O. The molecule has 0 bridgehead atoms. The van der Waals surface area contributed by atoms with Crippen LogP contribution in [0.3, 0.4) is 0 Å². The lowest BCUT2D eigenvalue weighted by Gasteiger charge is -2.24. The zero-order valence-electron chi connectivity index (χ0n) is 13.7. The Hall–Kier alpha value is -0.960. The Morgan fingerprint density at radius 2 is 1.91 bits per heavy atom. The van der Waals surface area contributed by atoms with Gasteiger partial charge in [-0.1, -0.05) is 54.1 Å².